The van der Waals surface area contributed by atoms with E-state index in [1.165, 1.54) is 0 Å². The van der Waals surface area contributed by atoms with Gasteiger partial charge in [0.15, 0.2) is 11.6 Å². The molecule has 1 aliphatic carbocycles. The molecule has 0 saturated carbocycles. The summed E-state index contributed by atoms with van der Waals surface area (Å²) in [4.78, 5) is 60.6. The quantitative estimate of drug-likeness (QED) is 0.326. The number of hydrogen-bond donors (Lipinski definition) is 4. The summed E-state index contributed by atoms with van der Waals surface area (Å²) in [6.07, 6.45) is -3.03. The van der Waals surface area contributed by atoms with Crippen molar-refractivity contribution in [3.05, 3.63) is 64.7 Å². The fraction of sp³-hybridized carbons (Fsp3) is 0.346. The number of aliphatic carboxylic acids is 1. The van der Waals surface area contributed by atoms with Crippen molar-refractivity contribution in [3.8, 4) is 0 Å². The maximum absolute atomic E-state index is 13.0. The molecule has 0 bridgehead atoms. The van der Waals surface area contributed by atoms with Gasteiger partial charge in [0.1, 0.15) is 6.04 Å². The molecule has 208 valence electrons. The topological polar surface area (TPSA) is 159 Å². The van der Waals surface area contributed by atoms with Crippen molar-refractivity contribution in [3.63, 3.8) is 0 Å². The predicted molar refractivity (Wildman–Crippen MR) is 133 cm³/mol. The summed E-state index contributed by atoms with van der Waals surface area (Å²) < 4.78 is 31.7. The van der Waals surface area contributed by atoms with Crippen LogP contribution in [-0.2, 0) is 14.4 Å². The van der Waals surface area contributed by atoms with Gasteiger partial charge in [-0.05, 0) is 25.3 Å². The van der Waals surface area contributed by atoms with Gasteiger partial charge in [0, 0.05) is 42.0 Å². The molecule has 1 saturated heterocycles. The van der Waals surface area contributed by atoms with Gasteiger partial charge in [0.05, 0.1) is 12.1 Å². The maximum atomic E-state index is 13.0. The number of carboxylic acids is 1. The summed E-state index contributed by atoms with van der Waals surface area (Å²) >= 11 is 0. The molecule has 10 nitrogen and oxygen atoms in total. The zero-order chi connectivity index (χ0) is 28.7. The van der Waals surface area contributed by atoms with Crippen molar-refractivity contribution < 1.29 is 42.3 Å². The molecule has 4 rings (SSSR count). The summed E-state index contributed by atoms with van der Waals surface area (Å²) in [6, 6.07) is 11.6. The fourth-order valence-corrected chi connectivity index (χ4v) is 4.39. The number of nitrogens with one attached hydrogen (secondary N) is 2. The second kappa shape index (κ2) is 12.5. The highest BCUT2D eigenvalue weighted by molar-refractivity contribution is 6.30. The molecule has 1 fully saturated rings. The van der Waals surface area contributed by atoms with Crippen LogP contribution in [0.2, 0.25) is 0 Å². The minimum absolute atomic E-state index is 0.0964. The molecule has 5 N–H and O–H groups in total. The van der Waals surface area contributed by atoms with E-state index in [9.17, 15) is 32.3 Å². The van der Waals surface area contributed by atoms with Crippen molar-refractivity contribution in [2.45, 2.75) is 31.5 Å². The van der Waals surface area contributed by atoms with E-state index in [1.807, 2.05) is 0 Å². The molecule has 1 heterocycles. The molecule has 0 unspecified atom stereocenters. The summed E-state index contributed by atoms with van der Waals surface area (Å²) in [5.41, 5.74) is 7.67. The normalized spacial score (nSPS) is 16.0. The molecule has 2 aromatic rings. The first kappa shape index (κ1) is 29.3. The van der Waals surface area contributed by atoms with E-state index >= 15 is 0 Å². The molecule has 0 aromatic heterocycles. The Labute approximate surface area is 221 Å². The van der Waals surface area contributed by atoms with Gasteiger partial charge in [0.25, 0.3) is 0 Å². The second-order valence-corrected chi connectivity index (χ2v) is 8.76. The Bertz CT molecular complexity index is 1280. The Hall–Kier alpha value is -4.26. The first-order chi connectivity index (χ1) is 18.5. The van der Waals surface area contributed by atoms with Gasteiger partial charge < -0.3 is 26.4 Å². The Morgan fingerprint density at radius 3 is 2.21 bits per heavy atom. The van der Waals surface area contributed by atoms with Crippen LogP contribution >= 0.6 is 0 Å². The molecule has 39 heavy (non-hydrogen) atoms. The van der Waals surface area contributed by atoms with Gasteiger partial charge in [-0.15, -0.1) is 0 Å². The average molecular weight is 549 g/mol. The molecule has 2 amide bonds. The van der Waals surface area contributed by atoms with Crippen molar-refractivity contribution in [1.29, 1.82) is 0 Å². The third-order valence-electron chi connectivity index (χ3n) is 6.21. The number of nitrogens with zero attached hydrogens (tertiary/aromatic N) is 1. The summed E-state index contributed by atoms with van der Waals surface area (Å²) in [5, 5.41) is 13.2. The van der Waals surface area contributed by atoms with Gasteiger partial charge in [-0.25, -0.2) is 4.79 Å². The minimum atomic E-state index is -5.08. The maximum Gasteiger partial charge on any atom is 0.490 e. The van der Waals surface area contributed by atoms with E-state index in [-0.39, 0.29) is 29.9 Å². The number of carbonyl (C=O) groups excluding carboxylic acids is 4. The molecule has 1 atom stereocenters. The third kappa shape index (κ3) is 6.79. The number of halogens is 3. The van der Waals surface area contributed by atoms with Gasteiger partial charge in [-0.2, -0.15) is 13.2 Å². The van der Waals surface area contributed by atoms with Crippen LogP contribution in [0.4, 0.5) is 18.9 Å². The summed E-state index contributed by atoms with van der Waals surface area (Å²) in [6.45, 7) is 1.40. The summed E-state index contributed by atoms with van der Waals surface area (Å²) in [7, 11) is 0. The van der Waals surface area contributed by atoms with Crippen molar-refractivity contribution >= 4 is 35.0 Å². The van der Waals surface area contributed by atoms with Gasteiger partial charge in [-0.3, -0.25) is 19.2 Å². The standard InChI is InChI=1S/C24H26N4O4.C2HF3O2/c25-14-20(29)28-13-4-10-19(28)24(32)27-12-5-11-26-18-9-3-8-17-21(18)23(31)16-7-2-1-6-15(16)22(17)30;3-2(4,5)1(6)7/h1-3,6-9,19,26H,4-5,10-14,25H2,(H,27,32);(H,6,7)/t19-;/m1./s1. The number of fused-ring (bicyclic) bond motifs is 2. The highest BCUT2D eigenvalue weighted by Gasteiger charge is 2.38. The van der Waals surface area contributed by atoms with Crippen LogP contribution in [0, 0.1) is 0 Å². The first-order valence-electron chi connectivity index (χ1n) is 12.1. The number of ketones is 2. The highest BCUT2D eigenvalue weighted by Crippen LogP contribution is 2.31. The van der Waals surface area contributed by atoms with Gasteiger partial charge in [0.2, 0.25) is 11.8 Å². The minimum Gasteiger partial charge on any atom is -0.475 e. The number of benzene rings is 2. The zero-order valence-corrected chi connectivity index (χ0v) is 20.7. The van der Waals surface area contributed by atoms with E-state index in [0.29, 0.717) is 60.4 Å². The number of amides is 2. The number of carboxylic acid groups (broad SMARTS) is 1. The lowest BCUT2D eigenvalue weighted by Crippen LogP contribution is -2.48. The molecule has 0 spiro atoms. The molecule has 0 radical (unpaired) electrons. The SMILES string of the molecule is NCC(=O)N1CCC[C@@H]1C(=O)NCCCNc1cccc2c1C(=O)c1ccccc1C2=O.O=C(O)C(F)(F)F. The van der Waals surface area contributed by atoms with E-state index in [1.54, 1.807) is 47.4 Å². The Kier molecular flexibility index (Phi) is 9.41. The van der Waals surface area contributed by atoms with Crippen LogP contribution in [0.25, 0.3) is 0 Å². The first-order valence-corrected chi connectivity index (χ1v) is 12.1. The molecular weight excluding hydrogens is 521 g/mol. The number of carbonyl (C=O) groups is 5. The summed E-state index contributed by atoms with van der Waals surface area (Å²) in [5.74, 6) is -3.46. The molecule has 1 aliphatic heterocycles. The van der Waals surface area contributed by atoms with E-state index in [4.69, 9.17) is 15.6 Å². The monoisotopic (exact) mass is 548 g/mol. The second-order valence-electron chi connectivity index (χ2n) is 8.76. The number of likely N-dealkylation sites (tertiary alicyclic amines) is 1. The van der Waals surface area contributed by atoms with Crippen LogP contribution < -0.4 is 16.4 Å². The van der Waals surface area contributed by atoms with E-state index in [0.717, 1.165) is 6.42 Å². The number of alkyl halides is 3. The number of nitrogens with two attached hydrogens (primary N) is 1. The third-order valence-corrected chi connectivity index (χ3v) is 6.21. The van der Waals surface area contributed by atoms with Crippen LogP contribution in [0.5, 0.6) is 0 Å². The predicted octanol–water partition coefficient (Wildman–Crippen LogP) is 1.96. The number of hydrogen-bond acceptors (Lipinski definition) is 7. The number of rotatable bonds is 7. The molecular formula is C26H27F3N4O6. The van der Waals surface area contributed by atoms with Crippen LogP contribution in [-0.4, -0.2) is 77.8 Å². The Morgan fingerprint density at radius 2 is 1.59 bits per heavy atom. The largest absolute Gasteiger partial charge is 0.490 e. The van der Waals surface area contributed by atoms with Crippen LogP contribution in [0.1, 0.15) is 51.1 Å². The lowest BCUT2D eigenvalue weighted by molar-refractivity contribution is -0.192. The van der Waals surface area contributed by atoms with Crippen LogP contribution in [0.15, 0.2) is 42.5 Å². The van der Waals surface area contributed by atoms with Crippen LogP contribution in [0.3, 0.4) is 0 Å². The number of anilines is 1. The van der Waals surface area contributed by atoms with E-state index in [2.05, 4.69) is 10.6 Å². The Balaban J connectivity index is 0.000000532. The molecule has 2 aliphatic rings. The lowest BCUT2D eigenvalue weighted by atomic mass is 9.83. The van der Waals surface area contributed by atoms with Gasteiger partial charge in [-0.1, -0.05) is 36.4 Å². The van der Waals surface area contributed by atoms with E-state index < -0.39 is 18.2 Å². The molecule has 13 heteroatoms. The Morgan fingerprint density at radius 1 is 0.974 bits per heavy atom. The smallest absolute Gasteiger partial charge is 0.475 e. The average Bonchev–Trinajstić information content (AvgIpc) is 3.41. The zero-order valence-electron chi connectivity index (χ0n) is 20.7. The van der Waals surface area contributed by atoms with Crippen molar-refractivity contribution in [1.82, 2.24) is 10.2 Å². The molecule has 2 aromatic carbocycles. The highest BCUT2D eigenvalue weighted by atomic mass is 19.4. The van der Waals surface area contributed by atoms with Crippen molar-refractivity contribution in [2.75, 3.05) is 31.5 Å². The lowest BCUT2D eigenvalue weighted by Gasteiger charge is -2.23. The van der Waals surface area contributed by atoms with Gasteiger partial charge >= 0.3 is 12.1 Å². The van der Waals surface area contributed by atoms with Crippen molar-refractivity contribution in [2.24, 2.45) is 5.73 Å². The fourth-order valence-electron chi connectivity index (χ4n) is 4.39.